The maximum Gasteiger partial charge on any atom is 0.254 e. The van der Waals surface area contributed by atoms with Crippen molar-refractivity contribution >= 4 is 5.91 Å². The Morgan fingerprint density at radius 2 is 2.06 bits per heavy atom. The molecule has 0 fully saturated rings. The molecule has 0 atom stereocenters. The Bertz CT molecular complexity index is 399. The molecule has 1 amide bonds. The molecule has 0 saturated heterocycles. The van der Waals surface area contributed by atoms with Crippen LogP contribution in [0.3, 0.4) is 0 Å². The minimum atomic E-state index is -0.0955. The molecule has 0 aliphatic carbocycles. The third-order valence-corrected chi connectivity index (χ3v) is 2.50. The Hall–Kier alpha value is -1.32. The van der Waals surface area contributed by atoms with Crippen LogP contribution in [0.5, 0.6) is 0 Å². The first-order valence-electron chi connectivity index (χ1n) is 6.15. The number of aromatic nitrogens is 2. The molecule has 0 spiro atoms. The molecule has 0 saturated carbocycles. The van der Waals surface area contributed by atoms with Crippen molar-refractivity contribution in [3.8, 4) is 0 Å². The average molecular weight is 237 g/mol. The fourth-order valence-electron chi connectivity index (χ4n) is 1.82. The summed E-state index contributed by atoms with van der Waals surface area (Å²) >= 11 is 0. The number of carbonyl (C=O) groups excluding carboxylic acids is 1. The monoisotopic (exact) mass is 237 g/mol. The van der Waals surface area contributed by atoms with Gasteiger partial charge in [-0.05, 0) is 41.0 Å². The van der Waals surface area contributed by atoms with Crippen LogP contribution in [0.1, 0.15) is 57.6 Å². The molecule has 0 bridgehead atoms. The quantitative estimate of drug-likeness (QED) is 0.877. The van der Waals surface area contributed by atoms with Gasteiger partial charge in [-0.25, -0.2) is 0 Å². The van der Waals surface area contributed by atoms with Crippen LogP contribution in [0.15, 0.2) is 6.20 Å². The number of amides is 1. The molecule has 1 aromatic heterocycles. The van der Waals surface area contributed by atoms with Gasteiger partial charge in [-0.2, -0.15) is 5.10 Å². The number of carbonyl (C=O) groups is 1. The van der Waals surface area contributed by atoms with Crippen LogP contribution in [0.2, 0.25) is 0 Å². The molecule has 17 heavy (non-hydrogen) atoms. The van der Waals surface area contributed by atoms with Crippen molar-refractivity contribution in [2.75, 3.05) is 0 Å². The fraction of sp³-hybridized carbons (Fsp3) is 0.692. The Morgan fingerprint density at radius 3 is 2.47 bits per heavy atom. The maximum absolute atomic E-state index is 12.0. The Morgan fingerprint density at radius 1 is 1.47 bits per heavy atom. The molecule has 1 rings (SSSR count). The van der Waals surface area contributed by atoms with E-state index in [1.165, 1.54) is 0 Å². The van der Waals surface area contributed by atoms with Gasteiger partial charge < -0.3 is 5.32 Å². The van der Waals surface area contributed by atoms with Gasteiger partial charge in [0.1, 0.15) is 0 Å². The predicted octanol–water partition coefficient (Wildman–Crippen LogP) is 2.34. The lowest BCUT2D eigenvalue weighted by atomic mass is 10.1. The zero-order valence-electron chi connectivity index (χ0n) is 11.7. The van der Waals surface area contributed by atoms with Crippen LogP contribution >= 0.6 is 0 Å². The average Bonchev–Trinajstić information content (AvgIpc) is 2.58. The van der Waals surface area contributed by atoms with Gasteiger partial charge >= 0.3 is 0 Å². The van der Waals surface area contributed by atoms with Crippen molar-refractivity contribution in [2.24, 2.45) is 0 Å². The molecule has 1 heterocycles. The van der Waals surface area contributed by atoms with Gasteiger partial charge in [0.2, 0.25) is 0 Å². The van der Waals surface area contributed by atoms with Crippen molar-refractivity contribution in [2.45, 2.75) is 59.5 Å². The molecule has 0 unspecified atom stereocenters. The van der Waals surface area contributed by atoms with Gasteiger partial charge in [-0.3, -0.25) is 9.48 Å². The number of hydrogen-bond donors (Lipinski definition) is 1. The van der Waals surface area contributed by atoms with E-state index in [1.807, 2.05) is 25.5 Å². The molecule has 4 heteroatoms. The molecule has 0 aliphatic heterocycles. The molecule has 1 aromatic rings. The van der Waals surface area contributed by atoms with Crippen molar-refractivity contribution in [1.29, 1.82) is 0 Å². The second kappa shape index (κ2) is 4.90. The summed E-state index contributed by atoms with van der Waals surface area (Å²) in [5.41, 5.74) is 1.59. The van der Waals surface area contributed by atoms with Gasteiger partial charge in [0.05, 0.1) is 23.0 Å². The van der Waals surface area contributed by atoms with Crippen molar-refractivity contribution < 1.29 is 4.79 Å². The van der Waals surface area contributed by atoms with Gasteiger partial charge in [-0.15, -0.1) is 0 Å². The molecule has 0 radical (unpaired) electrons. The topological polar surface area (TPSA) is 46.9 Å². The van der Waals surface area contributed by atoms with Crippen LogP contribution in [0.25, 0.3) is 0 Å². The first-order chi connectivity index (χ1) is 7.77. The highest BCUT2D eigenvalue weighted by Crippen LogP contribution is 2.19. The highest BCUT2D eigenvalue weighted by atomic mass is 16.1. The molecule has 0 aromatic carbocycles. The molecular weight excluding hydrogens is 214 g/mol. The van der Waals surface area contributed by atoms with E-state index < -0.39 is 0 Å². The predicted molar refractivity (Wildman–Crippen MR) is 69.2 cm³/mol. The van der Waals surface area contributed by atoms with Gasteiger partial charge in [0, 0.05) is 6.04 Å². The van der Waals surface area contributed by atoms with Gasteiger partial charge in [0.15, 0.2) is 0 Å². The lowest BCUT2D eigenvalue weighted by Crippen LogP contribution is -2.31. The second-order valence-corrected chi connectivity index (χ2v) is 5.57. The maximum atomic E-state index is 12.0. The number of rotatable bonds is 3. The Labute approximate surface area is 103 Å². The summed E-state index contributed by atoms with van der Waals surface area (Å²) in [6, 6.07) is 0.144. The summed E-state index contributed by atoms with van der Waals surface area (Å²) in [6.07, 6.45) is 2.47. The summed E-state index contributed by atoms with van der Waals surface area (Å²) in [6.45, 7) is 12.2. The first-order valence-corrected chi connectivity index (χ1v) is 6.15. The first kappa shape index (κ1) is 13.7. The van der Waals surface area contributed by atoms with Crippen LogP contribution in [0, 0.1) is 0 Å². The van der Waals surface area contributed by atoms with E-state index in [1.54, 1.807) is 6.20 Å². The minimum absolute atomic E-state index is 0.0349. The van der Waals surface area contributed by atoms with Gasteiger partial charge in [-0.1, -0.05) is 6.92 Å². The lowest BCUT2D eigenvalue weighted by molar-refractivity contribution is 0.0942. The number of hydrogen-bond acceptors (Lipinski definition) is 2. The van der Waals surface area contributed by atoms with E-state index >= 15 is 0 Å². The van der Waals surface area contributed by atoms with E-state index in [-0.39, 0.29) is 17.5 Å². The minimum Gasteiger partial charge on any atom is -0.350 e. The summed E-state index contributed by atoms with van der Waals surface area (Å²) in [5.74, 6) is -0.0349. The van der Waals surface area contributed by atoms with E-state index in [9.17, 15) is 4.79 Å². The Balaban J connectivity index is 3.11. The van der Waals surface area contributed by atoms with Crippen LogP contribution in [-0.4, -0.2) is 21.7 Å². The van der Waals surface area contributed by atoms with E-state index in [0.29, 0.717) is 5.56 Å². The summed E-state index contributed by atoms with van der Waals surface area (Å²) < 4.78 is 1.93. The molecular formula is C13H23N3O. The van der Waals surface area contributed by atoms with E-state index in [4.69, 9.17) is 0 Å². The zero-order valence-corrected chi connectivity index (χ0v) is 11.7. The zero-order chi connectivity index (χ0) is 13.2. The highest BCUT2D eigenvalue weighted by molar-refractivity contribution is 5.95. The third-order valence-electron chi connectivity index (χ3n) is 2.50. The summed E-state index contributed by atoms with van der Waals surface area (Å²) in [5, 5.41) is 7.25. The van der Waals surface area contributed by atoms with E-state index in [2.05, 4.69) is 31.2 Å². The molecule has 0 aliphatic rings. The highest BCUT2D eigenvalue weighted by Gasteiger charge is 2.23. The number of nitrogens with zero attached hydrogens (tertiary/aromatic N) is 2. The van der Waals surface area contributed by atoms with Crippen molar-refractivity contribution in [1.82, 2.24) is 15.1 Å². The molecule has 4 nitrogen and oxygen atoms in total. The summed E-state index contributed by atoms with van der Waals surface area (Å²) in [4.78, 5) is 12.0. The lowest BCUT2D eigenvalue weighted by Gasteiger charge is -2.22. The SMILES string of the molecule is CCc1c(C(=O)NC(C)C)cnn1C(C)(C)C. The van der Waals surface area contributed by atoms with Crippen molar-refractivity contribution in [3.05, 3.63) is 17.5 Å². The largest absolute Gasteiger partial charge is 0.350 e. The Kier molecular flexibility index (Phi) is 3.96. The van der Waals surface area contributed by atoms with Gasteiger partial charge in [0.25, 0.3) is 5.91 Å². The fourth-order valence-corrected chi connectivity index (χ4v) is 1.82. The van der Waals surface area contributed by atoms with E-state index in [0.717, 1.165) is 12.1 Å². The molecule has 96 valence electrons. The third kappa shape index (κ3) is 3.08. The van der Waals surface area contributed by atoms with Crippen molar-refractivity contribution in [3.63, 3.8) is 0 Å². The standard InChI is InChI=1S/C13H23N3O/c1-7-11-10(12(17)15-9(2)3)8-14-16(11)13(4,5)6/h8-9H,7H2,1-6H3,(H,15,17). The summed E-state index contributed by atoms with van der Waals surface area (Å²) in [7, 11) is 0. The molecule has 1 N–H and O–H groups in total. The normalized spacial score (nSPS) is 11.9. The van der Waals surface area contributed by atoms with Crippen LogP contribution in [-0.2, 0) is 12.0 Å². The second-order valence-electron chi connectivity index (χ2n) is 5.57. The van der Waals surface area contributed by atoms with Crippen LogP contribution in [0.4, 0.5) is 0 Å². The smallest absolute Gasteiger partial charge is 0.254 e. The number of nitrogens with one attached hydrogen (secondary N) is 1. The van der Waals surface area contributed by atoms with Crippen LogP contribution < -0.4 is 5.32 Å².